The van der Waals surface area contributed by atoms with E-state index in [4.69, 9.17) is 5.73 Å². The predicted molar refractivity (Wildman–Crippen MR) is 70.6 cm³/mol. The van der Waals surface area contributed by atoms with Crippen LogP contribution in [0.1, 0.15) is 38.2 Å². The first-order chi connectivity index (χ1) is 8.08. The van der Waals surface area contributed by atoms with Gasteiger partial charge in [-0.3, -0.25) is 0 Å². The van der Waals surface area contributed by atoms with E-state index in [0.29, 0.717) is 23.2 Å². The van der Waals surface area contributed by atoms with Gasteiger partial charge in [-0.15, -0.1) is 0 Å². The summed E-state index contributed by atoms with van der Waals surface area (Å²) in [5, 5.41) is 3.48. The van der Waals surface area contributed by atoms with E-state index in [-0.39, 0.29) is 5.82 Å². The minimum atomic E-state index is -0.232. The van der Waals surface area contributed by atoms with Crippen LogP contribution in [0, 0.1) is 18.7 Å². The van der Waals surface area contributed by atoms with Crippen LogP contribution in [0.4, 0.5) is 15.8 Å². The maximum Gasteiger partial charge on any atom is 0.128 e. The topological polar surface area (TPSA) is 38.0 Å². The number of hydrogen-bond donors (Lipinski definition) is 2. The summed E-state index contributed by atoms with van der Waals surface area (Å²) < 4.78 is 13.3. The van der Waals surface area contributed by atoms with Crippen LogP contribution in [0.3, 0.4) is 0 Å². The quantitative estimate of drug-likeness (QED) is 0.768. The molecule has 3 heteroatoms. The molecular formula is C14H21FN2. The summed E-state index contributed by atoms with van der Waals surface area (Å²) in [5.74, 6) is 0.429. The average Bonchev–Trinajstić information content (AvgIpc) is 2.29. The van der Waals surface area contributed by atoms with Gasteiger partial charge in [-0.05, 0) is 43.4 Å². The van der Waals surface area contributed by atoms with Crippen molar-refractivity contribution >= 4 is 11.4 Å². The molecule has 1 saturated carbocycles. The van der Waals surface area contributed by atoms with Gasteiger partial charge in [0.2, 0.25) is 0 Å². The number of nitrogen functional groups attached to an aromatic ring is 1. The number of nitrogens with one attached hydrogen (secondary N) is 1. The van der Waals surface area contributed by atoms with Gasteiger partial charge < -0.3 is 11.1 Å². The molecule has 94 valence electrons. The summed E-state index contributed by atoms with van der Waals surface area (Å²) in [6.45, 7) is 4.04. The van der Waals surface area contributed by atoms with Crippen molar-refractivity contribution in [1.29, 1.82) is 0 Å². The fourth-order valence-electron chi connectivity index (χ4n) is 2.55. The zero-order chi connectivity index (χ0) is 12.4. The summed E-state index contributed by atoms with van der Waals surface area (Å²) in [7, 11) is 0. The number of halogens is 1. The molecule has 1 fully saturated rings. The SMILES string of the molecule is Cc1cc(NC2CCCCC2C)c(N)cc1F. The molecular weight excluding hydrogens is 215 g/mol. The lowest BCUT2D eigenvalue weighted by molar-refractivity contribution is 0.349. The molecule has 0 amide bonds. The van der Waals surface area contributed by atoms with Crippen LogP contribution in [0.25, 0.3) is 0 Å². The molecule has 3 N–H and O–H groups in total. The lowest BCUT2D eigenvalue weighted by Crippen LogP contribution is -2.30. The van der Waals surface area contributed by atoms with Crippen LogP contribution in [0.5, 0.6) is 0 Å². The monoisotopic (exact) mass is 236 g/mol. The van der Waals surface area contributed by atoms with Crippen LogP contribution in [-0.2, 0) is 0 Å². The molecule has 0 aliphatic heterocycles. The van der Waals surface area contributed by atoms with Gasteiger partial charge in [0.05, 0.1) is 11.4 Å². The maximum absolute atomic E-state index is 13.3. The average molecular weight is 236 g/mol. The molecule has 1 aromatic rings. The second kappa shape index (κ2) is 4.94. The van der Waals surface area contributed by atoms with E-state index < -0.39 is 0 Å². The van der Waals surface area contributed by atoms with E-state index in [1.807, 2.05) is 6.07 Å². The summed E-state index contributed by atoms with van der Waals surface area (Å²) in [4.78, 5) is 0. The molecule has 2 unspecified atom stereocenters. The van der Waals surface area contributed by atoms with Gasteiger partial charge in [0.15, 0.2) is 0 Å². The Hall–Kier alpha value is -1.25. The van der Waals surface area contributed by atoms with Crippen LogP contribution in [0.2, 0.25) is 0 Å². The van der Waals surface area contributed by atoms with E-state index in [1.165, 1.54) is 31.7 Å². The molecule has 1 aliphatic carbocycles. The van der Waals surface area contributed by atoms with Gasteiger partial charge in [-0.2, -0.15) is 0 Å². The summed E-state index contributed by atoms with van der Waals surface area (Å²) in [6.07, 6.45) is 5.02. The number of rotatable bonds is 2. The van der Waals surface area contributed by atoms with E-state index in [9.17, 15) is 4.39 Å². The molecule has 0 aromatic heterocycles. The van der Waals surface area contributed by atoms with Crippen LogP contribution < -0.4 is 11.1 Å². The highest BCUT2D eigenvalue weighted by molar-refractivity contribution is 5.67. The summed E-state index contributed by atoms with van der Waals surface area (Å²) >= 11 is 0. The number of benzene rings is 1. The standard InChI is InChI=1S/C14H21FN2/c1-9-5-3-4-6-13(9)17-14-7-10(2)11(15)8-12(14)16/h7-9,13,17H,3-6,16H2,1-2H3. The van der Waals surface area contributed by atoms with Crippen molar-refractivity contribution in [2.75, 3.05) is 11.1 Å². The van der Waals surface area contributed by atoms with Gasteiger partial charge in [-0.25, -0.2) is 4.39 Å². The van der Waals surface area contributed by atoms with Crippen molar-refractivity contribution < 1.29 is 4.39 Å². The van der Waals surface area contributed by atoms with Crippen LogP contribution in [0.15, 0.2) is 12.1 Å². The summed E-state index contributed by atoms with van der Waals surface area (Å²) in [6, 6.07) is 3.69. The number of hydrogen-bond acceptors (Lipinski definition) is 2. The van der Waals surface area contributed by atoms with Gasteiger partial charge in [0.25, 0.3) is 0 Å². The molecule has 0 spiro atoms. The van der Waals surface area contributed by atoms with Gasteiger partial charge >= 0.3 is 0 Å². The maximum atomic E-state index is 13.3. The van der Waals surface area contributed by atoms with Gasteiger partial charge in [-0.1, -0.05) is 19.8 Å². The zero-order valence-electron chi connectivity index (χ0n) is 10.6. The Labute approximate surface area is 102 Å². The van der Waals surface area contributed by atoms with Gasteiger partial charge in [0, 0.05) is 6.04 Å². The first-order valence-corrected chi connectivity index (χ1v) is 6.40. The van der Waals surface area contributed by atoms with E-state index in [1.54, 1.807) is 6.92 Å². The fourth-order valence-corrected chi connectivity index (χ4v) is 2.55. The first kappa shape index (κ1) is 12.2. The molecule has 2 nitrogen and oxygen atoms in total. The van der Waals surface area contributed by atoms with Gasteiger partial charge in [0.1, 0.15) is 5.82 Å². The first-order valence-electron chi connectivity index (χ1n) is 6.40. The smallest absolute Gasteiger partial charge is 0.128 e. The molecule has 0 radical (unpaired) electrons. The Morgan fingerprint density at radius 1 is 1.29 bits per heavy atom. The molecule has 17 heavy (non-hydrogen) atoms. The Morgan fingerprint density at radius 2 is 2.00 bits per heavy atom. The largest absolute Gasteiger partial charge is 0.397 e. The highest BCUT2D eigenvalue weighted by Crippen LogP contribution is 2.30. The van der Waals surface area contributed by atoms with Crippen molar-refractivity contribution in [2.24, 2.45) is 5.92 Å². The third-order valence-electron chi connectivity index (χ3n) is 3.78. The summed E-state index contributed by atoms with van der Waals surface area (Å²) in [5.41, 5.74) is 7.88. The van der Waals surface area contributed by atoms with Crippen molar-refractivity contribution in [1.82, 2.24) is 0 Å². The molecule has 0 saturated heterocycles. The normalized spacial score (nSPS) is 24.6. The molecule has 2 atom stereocenters. The van der Waals surface area contributed by atoms with E-state index in [0.717, 1.165) is 5.69 Å². The van der Waals surface area contributed by atoms with Crippen molar-refractivity contribution in [3.8, 4) is 0 Å². The number of nitrogens with two attached hydrogens (primary N) is 1. The minimum absolute atomic E-state index is 0.232. The zero-order valence-corrected chi connectivity index (χ0v) is 10.6. The number of aryl methyl sites for hydroxylation is 1. The molecule has 1 aliphatic rings. The lowest BCUT2D eigenvalue weighted by atomic mass is 9.86. The molecule has 0 heterocycles. The Bertz CT molecular complexity index is 403. The Balaban J connectivity index is 2.15. The Kier molecular flexibility index (Phi) is 3.55. The second-order valence-electron chi connectivity index (χ2n) is 5.20. The number of anilines is 2. The molecule has 0 bridgehead atoms. The third kappa shape index (κ3) is 2.71. The van der Waals surface area contributed by atoms with Crippen molar-refractivity contribution in [3.05, 3.63) is 23.5 Å². The van der Waals surface area contributed by atoms with Crippen molar-refractivity contribution in [2.45, 2.75) is 45.6 Å². The van der Waals surface area contributed by atoms with E-state index >= 15 is 0 Å². The van der Waals surface area contributed by atoms with E-state index in [2.05, 4.69) is 12.2 Å². The minimum Gasteiger partial charge on any atom is -0.397 e. The Morgan fingerprint density at radius 3 is 2.71 bits per heavy atom. The van der Waals surface area contributed by atoms with Crippen LogP contribution >= 0.6 is 0 Å². The molecule has 2 rings (SSSR count). The third-order valence-corrected chi connectivity index (χ3v) is 3.78. The van der Waals surface area contributed by atoms with Crippen molar-refractivity contribution in [3.63, 3.8) is 0 Å². The second-order valence-corrected chi connectivity index (χ2v) is 5.20. The van der Waals surface area contributed by atoms with Crippen LogP contribution in [-0.4, -0.2) is 6.04 Å². The predicted octanol–water partition coefficient (Wildman–Crippen LogP) is 3.71. The lowest BCUT2D eigenvalue weighted by Gasteiger charge is -2.31. The molecule has 1 aromatic carbocycles. The fraction of sp³-hybridized carbons (Fsp3) is 0.571. The highest BCUT2D eigenvalue weighted by atomic mass is 19.1. The highest BCUT2D eigenvalue weighted by Gasteiger charge is 2.21.